The number of benzene rings is 1. The molecule has 1 saturated heterocycles. The predicted octanol–water partition coefficient (Wildman–Crippen LogP) is 0.426. The first kappa shape index (κ1) is 11.0. The van der Waals surface area contributed by atoms with Crippen LogP contribution in [0, 0.1) is 0 Å². The second-order valence-corrected chi connectivity index (χ2v) is 4.37. The maximum atomic E-state index is 11.0. The van der Waals surface area contributed by atoms with Gasteiger partial charge in [0.15, 0.2) is 0 Å². The molecule has 0 bridgehead atoms. The molecule has 94 valence electrons. The fourth-order valence-corrected chi connectivity index (χ4v) is 2.20. The van der Waals surface area contributed by atoms with Gasteiger partial charge in [0.05, 0.1) is 11.0 Å². The highest BCUT2D eigenvalue weighted by Crippen LogP contribution is 2.18. The number of hydrogen-bond donors (Lipinski definition) is 3. The number of fused-ring (bicyclic) bond motifs is 1. The van der Waals surface area contributed by atoms with Crippen LogP contribution in [0.5, 0.6) is 0 Å². The molecule has 6 heteroatoms. The highest BCUT2D eigenvalue weighted by atomic mass is 16.4. The number of carboxylic acids is 1. The molecular formula is C12H14N4O2. The van der Waals surface area contributed by atoms with Crippen molar-refractivity contribution < 1.29 is 9.90 Å². The van der Waals surface area contributed by atoms with Gasteiger partial charge in [-0.3, -0.25) is 4.79 Å². The summed E-state index contributed by atoms with van der Waals surface area (Å²) in [6.07, 6.45) is 0. The van der Waals surface area contributed by atoms with Gasteiger partial charge < -0.3 is 20.3 Å². The zero-order valence-electron chi connectivity index (χ0n) is 9.76. The van der Waals surface area contributed by atoms with Crippen LogP contribution < -0.4 is 10.2 Å². The van der Waals surface area contributed by atoms with E-state index in [-0.39, 0.29) is 0 Å². The van der Waals surface area contributed by atoms with Crippen LogP contribution >= 0.6 is 0 Å². The van der Waals surface area contributed by atoms with Gasteiger partial charge in [0.2, 0.25) is 5.95 Å². The molecule has 1 aromatic heterocycles. The molecule has 3 rings (SSSR count). The highest BCUT2D eigenvalue weighted by Gasteiger charge is 2.26. The molecule has 1 atom stereocenters. The Morgan fingerprint density at radius 2 is 2.28 bits per heavy atom. The molecule has 6 nitrogen and oxygen atoms in total. The van der Waals surface area contributed by atoms with Gasteiger partial charge in [-0.25, -0.2) is 4.98 Å². The molecule has 2 aromatic rings. The normalized spacial score (nSPS) is 20.2. The van der Waals surface area contributed by atoms with Crippen molar-refractivity contribution in [2.24, 2.45) is 0 Å². The summed E-state index contributed by atoms with van der Waals surface area (Å²) < 4.78 is 0. The molecule has 18 heavy (non-hydrogen) atoms. The summed E-state index contributed by atoms with van der Waals surface area (Å²) >= 11 is 0. The SMILES string of the molecule is O=C(O)[C@H]1CN(c2nc3ccccc3[nH]2)CCN1. The average molecular weight is 246 g/mol. The summed E-state index contributed by atoms with van der Waals surface area (Å²) in [5.41, 5.74) is 1.87. The van der Waals surface area contributed by atoms with Crippen molar-refractivity contribution >= 4 is 23.0 Å². The number of carbonyl (C=O) groups is 1. The standard InChI is InChI=1S/C12H14N4O2/c17-11(18)10-7-16(6-5-13-10)12-14-8-3-1-2-4-9(8)15-12/h1-4,10,13H,5-7H2,(H,14,15)(H,17,18)/t10-/m1/s1. The van der Waals surface area contributed by atoms with Crippen molar-refractivity contribution in [3.8, 4) is 0 Å². The van der Waals surface area contributed by atoms with E-state index < -0.39 is 12.0 Å². The van der Waals surface area contributed by atoms with E-state index in [1.165, 1.54) is 0 Å². The number of aromatic nitrogens is 2. The third-order valence-electron chi connectivity index (χ3n) is 3.15. The van der Waals surface area contributed by atoms with Crippen molar-refractivity contribution in [2.75, 3.05) is 24.5 Å². The van der Waals surface area contributed by atoms with Crippen LogP contribution in [0.1, 0.15) is 0 Å². The van der Waals surface area contributed by atoms with E-state index in [9.17, 15) is 4.79 Å². The van der Waals surface area contributed by atoms with Crippen LogP contribution in [-0.4, -0.2) is 46.7 Å². The quantitative estimate of drug-likeness (QED) is 0.715. The summed E-state index contributed by atoms with van der Waals surface area (Å²) in [4.78, 5) is 20.6. The van der Waals surface area contributed by atoms with E-state index in [1.807, 2.05) is 29.2 Å². The van der Waals surface area contributed by atoms with Gasteiger partial charge in [0.1, 0.15) is 6.04 Å². The molecule has 3 N–H and O–H groups in total. The van der Waals surface area contributed by atoms with E-state index >= 15 is 0 Å². The van der Waals surface area contributed by atoms with Crippen LogP contribution in [0.2, 0.25) is 0 Å². The average Bonchev–Trinajstić information content (AvgIpc) is 2.82. The van der Waals surface area contributed by atoms with Crippen LogP contribution in [0.4, 0.5) is 5.95 Å². The monoisotopic (exact) mass is 246 g/mol. The zero-order chi connectivity index (χ0) is 12.5. The number of aliphatic carboxylic acids is 1. The number of anilines is 1. The lowest BCUT2D eigenvalue weighted by Crippen LogP contribution is -2.54. The fraction of sp³-hybridized carbons (Fsp3) is 0.333. The predicted molar refractivity (Wildman–Crippen MR) is 67.7 cm³/mol. The Labute approximate surface area is 104 Å². The number of aromatic amines is 1. The van der Waals surface area contributed by atoms with Crippen LogP contribution in [0.15, 0.2) is 24.3 Å². The molecule has 0 radical (unpaired) electrons. The Morgan fingerprint density at radius 3 is 3.06 bits per heavy atom. The minimum Gasteiger partial charge on any atom is -0.480 e. The summed E-state index contributed by atoms with van der Waals surface area (Å²) in [6, 6.07) is 7.24. The van der Waals surface area contributed by atoms with E-state index in [2.05, 4.69) is 15.3 Å². The van der Waals surface area contributed by atoms with E-state index in [0.717, 1.165) is 23.5 Å². The number of nitrogens with zero attached hydrogens (tertiary/aromatic N) is 2. The Kier molecular flexibility index (Phi) is 2.64. The zero-order valence-corrected chi connectivity index (χ0v) is 9.76. The molecule has 1 fully saturated rings. The molecule has 0 unspecified atom stereocenters. The number of rotatable bonds is 2. The van der Waals surface area contributed by atoms with Crippen molar-refractivity contribution in [3.05, 3.63) is 24.3 Å². The summed E-state index contributed by atoms with van der Waals surface area (Å²) in [6.45, 7) is 1.83. The molecule has 0 saturated carbocycles. The second-order valence-electron chi connectivity index (χ2n) is 4.37. The van der Waals surface area contributed by atoms with E-state index in [0.29, 0.717) is 13.1 Å². The molecule has 2 heterocycles. The van der Waals surface area contributed by atoms with Gasteiger partial charge >= 0.3 is 5.97 Å². The number of piperazine rings is 1. The summed E-state index contributed by atoms with van der Waals surface area (Å²) in [5.74, 6) is -0.0836. The summed E-state index contributed by atoms with van der Waals surface area (Å²) in [7, 11) is 0. The largest absolute Gasteiger partial charge is 0.480 e. The molecule has 0 amide bonds. The number of hydrogen-bond acceptors (Lipinski definition) is 4. The maximum Gasteiger partial charge on any atom is 0.322 e. The van der Waals surface area contributed by atoms with Crippen LogP contribution in [0.25, 0.3) is 11.0 Å². The first-order chi connectivity index (χ1) is 8.74. The van der Waals surface area contributed by atoms with Crippen molar-refractivity contribution in [1.29, 1.82) is 0 Å². The van der Waals surface area contributed by atoms with Gasteiger partial charge in [-0.1, -0.05) is 12.1 Å². The minimum absolute atomic E-state index is 0.426. The topological polar surface area (TPSA) is 81.2 Å². The lowest BCUT2D eigenvalue weighted by atomic mass is 10.2. The first-order valence-electron chi connectivity index (χ1n) is 5.90. The lowest BCUT2D eigenvalue weighted by molar-refractivity contribution is -0.139. The minimum atomic E-state index is -0.823. The van der Waals surface area contributed by atoms with Gasteiger partial charge in [-0.05, 0) is 12.1 Å². The second kappa shape index (κ2) is 4.30. The molecular weight excluding hydrogens is 232 g/mol. The van der Waals surface area contributed by atoms with E-state index in [1.54, 1.807) is 0 Å². The number of H-pyrrole nitrogens is 1. The smallest absolute Gasteiger partial charge is 0.322 e. The Morgan fingerprint density at radius 1 is 1.44 bits per heavy atom. The Bertz CT molecular complexity index is 547. The first-order valence-corrected chi connectivity index (χ1v) is 5.90. The molecule has 1 aromatic carbocycles. The summed E-state index contributed by atoms with van der Waals surface area (Å²) in [5, 5.41) is 12.0. The molecule has 1 aliphatic rings. The van der Waals surface area contributed by atoms with Crippen molar-refractivity contribution in [2.45, 2.75) is 6.04 Å². The molecule has 0 spiro atoms. The maximum absolute atomic E-state index is 11.0. The number of para-hydroxylation sites is 2. The van der Waals surface area contributed by atoms with Gasteiger partial charge in [-0.2, -0.15) is 0 Å². The number of nitrogens with one attached hydrogen (secondary N) is 2. The highest BCUT2D eigenvalue weighted by molar-refractivity contribution is 5.78. The third-order valence-corrected chi connectivity index (χ3v) is 3.15. The van der Waals surface area contributed by atoms with Crippen molar-refractivity contribution in [1.82, 2.24) is 15.3 Å². The lowest BCUT2D eigenvalue weighted by Gasteiger charge is -2.31. The third kappa shape index (κ3) is 1.91. The van der Waals surface area contributed by atoms with Crippen LogP contribution in [-0.2, 0) is 4.79 Å². The molecule has 1 aliphatic heterocycles. The van der Waals surface area contributed by atoms with Crippen LogP contribution in [0.3, 0.4) is 0 Å². The number of imidazole rings is 1. The molecule has 0 aliphatic carbocycles. The van der Waals surface area contributed by atoms with Gasteiger partial charge in [0.25, 0.3) is 0 Å². The number of carboxylic acid groups (broad SMARTS) is 1. The fourth-order valence-electron chi connectivity index (χ4n) is 2.20. The van der Waals surface area contributed by atoms with Gasteiger partial charge in [0, 0.05) is 19.6 Å². The van der Waals surface area contributed by atoms with E-state index in [4.69, 9.17) is 5.11 Å². The Hall–Kier alpha value is -2.08. The van der Waals surface area contributed by atoms with Crippen molar-refractivity contribution in [3.63, 3.8) is 0 Å². The Balaban J connectivity index is 1.87. The van der Waals surface area contributed by atoms with Gasteiger partial charge in [-0.15, -0.1) is 0 Å².